The van der Waals surface area contributed by atoms with Crippen molar-refractivity contribution in [3.63, 3.8) is 0 Å². The van der Waals surface area contributed by atoms with Gasteiger partial charge in [-0.05, 0) is 51.4 Å². The molecule has 0 aliphatic carbocycles. The topological polar surface area (TPSA) is 186 Å². The Balaban J connectivity index is 2.55. The summed E-state index contributed by atoms with van der Waals surface area (Å²) in [6.07, 6.45) is 22.0. The van der Waals surface area contributed by atoms with Crippen molar-refractivity contribution in [2.75, 3.05) is 19.0 Å². The van der Waals surface area contributed by atoms with Crippen molar-refractivity contribution in [2.45, 2.75) is 160 Å². The predicted molar refractivity (Wildman–Crippen MR) is 196 cm³/mol. The molecule has 294 valence electrons. The second-order valence-corrected chi connectivity index (χ2v) is 14.4. The Morgan fingerprint density at radius 2 is 1.24 bits per heavy atom. The molecule has 1 aliphatic rings. The Hall–Kier alpha value is -2.39. The second kappa shape index (κ2) is 29.1. The van der Waals surface area contributed by atoms with Gasteiger partial charge >= 0.3 is 11.9 Å². The van der Waals surface area contributed by atoms with Crippen LogP contribution in [0.4, 0.5) is 0 Å². The molecule has 12 nitrogen and oxygen atoms in total. The fourth-order valence-corrected chi connectivity index (χ4v) is 5.94. The lowest BCUT2D eigenvalue weighted by Gasteiger charge is -2.40. The Bertz CT molecular complexity index is 1150. The molecule has 6 atom stereocenters. The molecule has 1 heterocycles. The van der Waals surface area contributed by atoms with Crippen LogP contribution in [0.15, 0.2) is 48.6 Å². The van der Waals surface area contributed by atoms with Gasteiger partial charge in [0.25, 0.3) is 10.1 Å². The molecule has 0 radical (unpaired) electrons. The van der Waals surface area contributed by atoms with Crippen LogP contribution in [0.3, 0.4) is 0 Å². The van der Waals surface area contributed by atoms with Gasteiger partial charge in [-0.1, -0.05) is 107 Å². The highest BCUT2D eigenvalue weighted by atomic mass is 32.2. The fourth-order valence-electron chi connectivity index (χ4n) is 5.25. The van der Waals surface area contributed by atoms with Gasteiger partial charge in [-0.3, -0.25) is 14.1 Å². The van der Waals surface area contributed by atoms with Gasteiger partial charge in [0.05, 0.1) is 6.61 Å². The highest BCUT2D eigenvalue weighted by Crippen LogP contribution is 2.24. The molecule has 1 rings (SSSR count). The zero-order valence-electron chi connectivity index (χ0n) is 30.7. The van der Waals surface area contributed by atoms with Crippen LogP contribution in [-0.4, -0.2) is 96.0 Å². The maximum absolute atomic E-state index is 12.6. The summed E-state index contributed by atoms with van der Waals surface area (Å²) < 4.78 is 53.6. The lowest BCUT2D eigenvalue weighted by molar-refractivity contribution is -0.297. The van der Waals surface area contributed by atoms with Crippen LogP contribution < -0.4 is 0 Å². The number of ether oxygens (including phenoxy) is 4. The first-order valence-electron chi connectivity index (χ1n) is 18.7. The smallest absolute Gasteiger partial charge is 0.306 e. The number of rotatable bonds is 29. The van der Waals surface area contributed by atoms with Crippen LogP contribution in [0.2, 0.25) is 0 Å². The summed E-state index contributed by atoms with van der Waals surface area (Å²) >= 11 is 0. The van der Waals surface area contributed by atoms with Crippen molar-refractivity contribution < 1.29 is 56.8 Å². The maximum Gasteiger partial charge on any atom is 0.306 e. The lowest BCUT2D eigenvalue weighted by atomic mass is 10.00. The van der Waals surface area contributed by atoms with E-state index in [0.29, 0.717) is 12.8 Å². The molecule has 0 aromatic rings. The molecule has 1 fully saturated rings. The van der Waals surface area contributed by atoms with E-state index in [-0.39, 0.29) is 19.4 Å². The highest BCUT2D eigenvalue weighted by Gasteiger charge is 2.46. The zero-order chi connectivity index (χ0) is 37.7. The Labute approximate surface area is 305 Å². The van der Waals surface area contributed by atoms with Crippen molar-refractivity contribution in [1.82, 2.24) is 0 Å². The monoisotopic (exact) mass is 744 g/mol. The molecule has 0 aromatic carbocycles. The number of allylic oxidation sites excluding steroid dienone is 8. The van der Waals surface area contributed by atoms with Crippen molar-refractivity contribution >= 4 is 22.1 Å². The summed E-state index contributed by atoms with van der Waals surface area (Å²) in [5.74, 6) is -2.05. The number of aliphatic hydroxyl groups is 3. The van der Waals surface area contributed by atoms with Gasteiger partial charge in [-0.25, -0.2) is 0 Å². The predicted octanol–water partition coefficient (Wildman–Crippen LogP) is 6.05. The Morgan fingerprint density at radius 3 is 1.84 bits per heavy atom. The third-order valence-corrected chi connectivity index (χ3v) is 8.92. The fraction of sp³-hybridized carbons (Fsp3) is 0.737. The standard InChI is InChI=1S/C38H64O12S/c1-3-5-7-9-11-13-14-15-16-17-18-19-21-22-24-26-33(39)47-28-31(49-34(40)27-25-23-20-12-10-8-6-4-2)29-48-38-37(43)36(42)35(41)32(50-38)30-51(44,45)46/h5,7,11,13,15-16,18-19,31-32,35-38,41-43H,3-4,6,8-10,12,14,17,20-30H2,1-2H3,(H,44,45,46)/b7-5+,13-11+,16-15+,19-18+/t31-,32-,35-,36?,37?,38+/m1/s1. The number of hydrogen-bond acceptors (Lipinski definition) is 11. The molecule has 0 aromatic heterocycles. The second-order valence-electron chi connectivity index (χ2n) is 12.9. The van der Waals surface area contributed by atoms with E-state index in [1.165, 1.54) is 25.7 Å². The molecule has 0 saturated carbocycles. The molecule has 0 bridgehead atoms. The number of hydrogen-bond donors (Lipinski definition) is 4. The van der Waals surface area contributed by atoms with Gasteiger partial charge in [0.2, 0.25) is 0 Å². The lowest BCUT2D eigenvalue weighted by Crippen LogP contribution is -2.60. The molecule has 0 spiro atoms. The van der Waals surface area contributed by atoms with Gasteiger partial charge in [0.15, 0.2) is 12.4 Å². The molecule has 1 aliphatic heterocycles. The first-order valence-corrected chi connectivity index (χ1v) is 20.3. The van der Waals surface area contributed by atoms with Crippen LogP contribution in [-0.2, 0) is 38.7 Å². The van der Waals surface area contributed by atoms with Crippen molar-refractivity contribution in [2.24, 2.45) is 0 Å². The third-order valence-electron chi connectivity index (χ3n) is 8.17. The maximum atomic E-state index is 12.6. The SMILES string of the molecule is CC/C=C/C/C=C/C/C=C/C/C=C/CCCCC(=O)OC[C@H](CO[C@H]1O[C@H](CS(=O)(=O)O)[C@@H](O)C(O)C1O)OC(=O)CCCCCCCCCC. The summed E-state index contributed by atoms with van der Waals surface area (Å²) in [6.45, 7) is 3.52. The van der Waals surface area contributed by atoms with Gasteiger partial charge in [0, 0.05) is 12.8 Å². The molecule has 2 unspecified atom stereocenters. The first kappa shape index (κ1) is 46.6. The molecule has 0 amide bonds. The normalized spacial score (nSPS) is 22.0. The zero-order valence-corrected chi connectivity index (χ0v) is 31.5. The number of carbonyl (C=O) groups excluding carboxylic acids is 2. The van der Waals surface area contributed by atoms with Gasteiger partial charge in [-0.15, -0.1) is 0 Å². The minimum atomic E-state index is -4.60. The average molecular weight is 745 g/mol. The van der Waals surface area contributed by atoms with Crippen LogP contribution in [0, 0.1) is 0 Å². The summed E-state index contributed by atoms with van der Waals surface area (Å²) in [5.41, 5.74) is 0. The summed E-state index contributed by atoms with van der Waals surface area (Å²) in [6, 6.07) is 0. The number of aliphatic hydroxyl groups excluding tert-OH is 3. The van der Waals surface area contributed by atoms with E-state index < -0.39 is 71.2 Å². The van der Waals surface area contributed by atoms with E-state index in [4.69, 9.17) is 18.9 Å². The van der Waals surface area contributed by atoms with Gasteiger partial charge < -0.3 is 34.3 Å². The molecular weight excluding hydrogens is 680 g/mol. The molecule has 1 saturated heterocycles. The van der Waals surface area contributed by atoms with E-state index in [2.05, 4.69) is 62.5 Å². The summed E-state index contributed by atoms with van der Waals surface area (Å²) in [7, 11) is -4.60. The van der Waals surface area contributed by atoms with E-state index in [9.17, 15) is 37.9 Å². The number of esters is 2. The Kier molecular flexibility index (Phi) is 26.6. The van der Waals surface area contributed by atoms with Crippen LogP contribution >= 0.6 is 0 Å². The van der Waals surface area contributed by atoms with Crippen molar-refractivity contribution in [3.05, 3.63) is 48.6 Å². The first-order chi connectivity index (χ1) is 24.5. The molecule has 13 heteroatoms. The van der Waals surface area contributed by atoms with E-state index in [1.54, 1.807) is 0 Å². The van der Waals surface area contributed by atoms with Gasteiger partial charge in [-0.2, -0.15) is 8.42 Å². The van der Waals surface area contributed by atoms with Crippen molar-refractivity contribution in [3.8, 4) is 0 Å². The van der Waals surface area contributed by atoms with Crippen LogP contribution in [0.5, 0.6) is 0 Å². The van der Waals surface area contributed by atoms with E-state index in [0.717, 1.165) is 57.8 Å². The summed E-state index contributed by atoms with van der Waals surface area (Å²) in [5, 5.41) is 30.7. The minimum absolute atomic E-state index is 0.153. The van der Waals surface area contributed by atoms with E-state index in [1.807, 2.05) is 0 Å². The number of carbonyl (C=O) groups is 2. The quantitative estimate of drug-likeness (QED) is 0.0301. The molecule has 51 heavy (non-hydrogen) atoms. The van der Waals surface area contributed by atoms with Crippen LogP contribution in [0.25, 0.3) is 0 Å². The highest BCUT2D eigenvalue weighted by molar-refractivity contribution is 7.85. The third kappa shape index (κ3) is 24.5. The summed E-state index contributed by atoms with van der Waals surface area (Å²) in [4.78, 5) is 25.1. The van der Waals surface area contributed by atoms with Gasteiger partial charge in [0.1, 0.15) is 36.8 Å². The average Bonchev–Trinajstić information content (AvgIpc) is 3.09. The molecular formula is C38H64O12S. The Morgan fingerprint density at radius 1 is 0.686 bits per heavy atom. The van der Waals surface area contributed by atoms with E-state index >= 15 is 0 Å². The largest absolute Gasteiger partial charge is 0.462 e. The number of unbranched alkanes of at least 4 members (excludes halogenated alkanes) is 9. The van der Waals surface area contributed by atoms with Crippen molar-refractivity contribution in [1.29, 1.82) is 0 Å². The minimum Gasteiger partial charge on any atom is -0.462 e. The molecule has 4 N–H and O–H groups in total. The van der Waals surface area contributed by atoms with Crippen LogP contribution in [0.1, 0.15) is 123 Å².